The van der Waals surface area contributed by atoms with Crippen LogP contribution in [-0.4, -0.2) is 30.3 Å². The Morgan fingerprint density at radius 2 is 1.89 bits per heavy atom. The fourth-order valence-corrected chi connectivity index (χ4v) is 1.37. The quantitative estimate of drug-likeness (QED) is 0.596. The van der Waals surface area contributed by atoms with Crippen LogP contribution in [0.1, 0.15) is 47.5 Å². The van der Waals surface area contributed by atoms with Crippen molar-refractivity contribution in [2.45, 2.75) is 59.1 Å². The number of carbonyl (C=O) groups excluding carboxylic acids is 2. The summed E-state index contributed by atoms with van der Waals surface area (Å²) >= 11 is 0. The average molecular weight is 271 g/mol. The highest BCUT2D eigenvalue weighted by Gasteiger charge is 2.18. The van der Waals surface area contributed by atoms with Crippen LogP contribution < -0.4 is 5.32 Å². The summed E-state index contributed by atoms with van der Waals surface area (Å²) in [5.41, 5.74) is -0.536. The maximum absolute atomic E-state index is 11.6. The van der Waals surface area contributed by atoms with Crippen LogP contribution in [0.4, 0.5) is 4.79 Å². The summed E-state index contributed by atoms with van der Waals surface area (Å²) in [7, 11) is 0. The SMILES string of the molecule is CCC[C@@H](C=CC(=O)OCC)NC(=O)OC(C)(C)C. The number of esters is 1. The zero-order valence-electron chi connectivity index (χ0n) is 12.5. The Hall–Kier alpha value is -1.52. The lowest BCUT2D eigenvalue weighted by molar-refractivity contribution is -0.137. The lowest BCUT2D eigenvalue weighted by Crippen LogP contribution is -2.38. The molecule has 5 heteroatoms. The zero-order valence-corrected chi connectivity index (χ0v) is 12.5. The second-order valence-corrected chi connectivity index (χ2v) is 5.15. The number of amides is 1. The molecule has 0 bridgehead atoms. The lowest BCUT2D eigenvalue weighted by atomic mass is 10.1. The average Bonchev–Trinajstić information content (AvgIpc) is 2.24. The van der Waals surface area contributed by atoms with Crippen LogP contribution in [0, 0.1) is 0 Å². The third-order valence-electron chi connectivity index (χ3n) is 2.05. The molecule has 0 saturated heterocycles. The van der Waals surface area contributed by atoms with Crippen LogP contribution in [0.3, 0.4) is 0 Å². The van der Waals surface area contributed by atoms with E-state index in [1.54, 1.807) is 33.8 Å². The molecule has 0 aliphatic heterocycles. The number of alkyl carbamates (subject to hydrolysis) is 1. The van der Waals surface area contributed by atoms with Gasteiger partial charge in [-0.25, -0.2) is 9.59 Å². The van der Waals surface area contributed by atoms with E-state index in [1.807, 2.05) is 6.92 Å². The summed E-state index contributed by atoms with van der Waals surface area (Å²) in [6.45, 7) is 9.49. The van der Waals surface area contributed by atoms with E-state index < -0.39 is 17.7 Å². The molecule has 0 aromatic heterocycles. The molecule has 0 heterocycles. The molecule has 0 rings (SSSR count). The Morgan fingerprint density at radius 3 is 2.37 bits per heavy atom. The molecule has 0 fully saturated rings. The van der Waals surface area contributed by atoms with Gasteiger partial charge in [-0.15, -0.1) is 0 Å². The molecule has 0 aromatic rings. The molecule has 0 saturated carbocycles. The molecular formula is C14H25NO4. The molecule has 1 atom stereocenters. The largest absolute Gasteiger partial charge is 0.463 e. The van der Waals surface area contributed by atoms with Crippen molar-refractivity contribution in [1.82, 2.24) is 5.32 Å². The number of nitrogens with one attached hydrogen (secondary N) is 1. The first-order valence-electron chi connectivity index (χ1n) is 6.63. The van der Waals surface area contributed by atoms with Crippen LogP contribution in [0.5, 0.6) is 0 Å². The molecule has 0 aliphatic rings. The van der Waals surface area contributed by atoms with Gasteiger partial charge in [-0.2, -0.15) is 0 Å². The van der Waals surface area contributed by atoms with Crippen molar-refractivity contribution in [3.63, 3.8) is 0 Å². The van der Waals surface area contributed by atoms with E-state index in [2.05, 4.69) is 5.32 Å². The zero-order chi connectivity index (χ0) is 14.9. The molecule has 0 aliphatic carbocycles. The second kappa shape index (κ2) is 8.56. The van der Waals surface area contributed by atoms with E-state index in [0.29, 0.717) is 6.61 Å². The minimum absolute atomic E-state index is 0.232. The van der Waals surface area contributed by atoms with Gasteiger partial charge in [0.15, 0.2) is 0 Å². The fraction of sp³-hybridized carbons (Fsp3) is 0.714. The molecule has 0 spiro atoms. The molecule has 110 valence electrons. The summed E-state index contributed by atoms with van der Waals surface area (Å²) < 4.78 is 9.96. The van der Waals surface area contributed by atoms with Gasteiger partial charge in [0.2, 0.25) is 0 Å². The van der Waals surface area contributed by atoms with Gasteiger partial charge in [0.25, 0.3) is 0 Å². The number of hydrogen-bond acceptors (Lipinski definition) is 4. The predicted molar refractivity (Wildman–Crippen MR) is 73.8 cm³/mol. The van der Waals surface area contributed by atoms with Crippen LogP contribution in [-0.2, 0) is 14.3 Å². The number of carbonyl (C=O) groups is 2. The van der Waals surface area contributed by atoms with E-state index in [0.717, 1.165) is 12.8 Å². The standard InChI is InChI=1S/C14H25NO4/c1-6-8-11(9-10-12(16)18-7-2)15-13(17)19-14(3,4)5/h9-11H,6-8H2,1-5H3,(H,15,17)/t11-/m0/s1. The maximum Gasteiger partial charge on any atom is 0.408 e. The van der Waals surface area contributed by atoms with E-state index in [-0.39, 0.29) is 6.04 Å². The highest BCUT2D eigenvalue weighted by molar-refractivity contribution is 5.82. The molecule has 5 nitrogen and oxygen atoms in total. The Kier molecular flexibility index (Phi) is 7.87. The normalized spacial score (nSPS) is 13.1. The Morgan fingerprint density at radius 1 is 1.26 bits per heavy atom. The van der Waals surface area contributed by atoms with Gasteiger partial charge in [0, 0.05) is 6.08 Å². The van der Waals surface area contributed by atoms with Crippen molar-refractivity contribution in [3.05, 3.63) is 12.2 Å². The van der Waals surface area contributed by atoms with Gasteiger partial charge < -0.3 is 14.8 Å². The van der Waals surface area contributed by atoms with Gasteiger partial charge in [0.1, 0.15) is 5.60 Å². The van der Waals surface area contributed by atoms with Crippen molar-refractivity contribution in [2.24, 2.45) is 0 Å². The highest BCUT2D eigenvalue weighted by Crippen LogP contribution is 2.08. The second-order valence-electron chi connectivity index (χ2n) is 5.15. The molecule has 0 unspecified atom stereocenters. The van der Waals surface area contributed by atoms with Crippen molar-refractivity contribution < 1.29 is 19.1 Å². The highest BCUT2D eigenvalue weighted by atomic mass is 16.6. The molecule has 0 radical (unpaired) electrons. The van der Waals surface area contributed by atoms with Crippen LogP contribution >= 0.6 is 0 Å². The van der Waals surface area contributed by atoms with E-state index in [1.165, 1.54) is 6.08 Å². The summed E-state index contributed by atoms with van der Waals surface area (Å²) in [6, 6.07) is -0.232. The first-order valence-corrected chi connectivity index (χ1v) is 6.63. The third-order valence-corrected chi connectivity index (χ3v) is 2.05. The Balaban J connectivity index is 4.40. The van der Waals surface area contributed by atoms with Gasteiger partial charge in [-0.3, -0.25) is 0 Å². The first kappa shape index (κ1) is 17.5. The molecule has 1 amide bonds. The van der Waals surface area contributed by atoms with Crippen molar-refractivity contribution >= 4 is 12.1 Å². The lowest BCUT2D eigenvalue weighted by Gasteiger charge is -2.22. The molecule has 1 N–H and O–H groups in total. The monoisotopic (exact) mass is 271 g/mol. The smallest absolute Gasteiger partial charge is 0.408 e. The summed E-state index contributed by atoms with van der Waals surface area (Å²) in [5.74, 6) is -0.408. The van der Waals surface area contributed by atoms with Gasteiger partial charge in [0.05, 0.1) is 12.6 Å². The maximum atomic E-state index is 11.6. The summed E-state index contributed by atoms with van der Waals surface area (Å²) in [5, 5.41) is 2.72. The van der Waals surface area contributed by atoms with Crippen LogP contribution in [0.15, 0.2) is 12.2 Å². The summed E-state index contributed by atoms with van der Waals surface area (Å²) in [4.78, 5) is 22.8. The molecule has 0 aromatic carbocycles. The predicted octanol–water partition coefficient (Wildman–Crippen LogP) is 2.80. The van der Waals surface area contributed by atoms with Crippen molar-refractivity contribution in [3.8, 4) is 0 Å². The van der Waals surface area contributed by atoms with Gasteiger partial charge in [-0.05, 0) is 34.1 Å². The first-order chi connectivity index (χ1) is 8.78. The fourth-order valence-electron chi connectivity index (χ4n) is 1.37. The molecule has 19 heavy (non-hydrogen) atoms. The summed E-state index contributed by atoms with van der Waals surface area (Å²) in [6.07, 6.45) is 4.09. The van der Waals surface area contributed by atoms with Crippen LogP contribution in [0.2, 0.25) is 0 Å². The van der Waals surface area contributed by atoms with Crippen LogP contribution in [0.25, 0.3) is 0 Å². The minimum atomic E-state index is -0.536. The molecular weight excluding hydrogens is 246 g/mol. The van der Waals surface area contributed by atoms with Crippen molar-refractivity contribution in [1.29, 1.82) is 0 Å². The number of ether oxygens (including phenoxy) is 2. The van der Waals surface area contributed by atoms with Gasteiger partial charge >= 0.3 is 12.1 Å². The van der Waals surface area contributed by atoms with Crippen molar-refractivity contribution in [2.75, 3.05) is 6.61 Å². The van der Waals surface area contributed by atoms with E-state index in [9.17, 15) is 9.59 Å². The number of rotatable bonds is 6. The Labute approximate surface area is 115 Å². The topological polar surface area (TPSA) is 64.6 Å². The van der Waals surface area contributed by atoms with E-state index >= 15 is 0 Å². The third kappa shape index (κ3) is 10.1. The number of hydrogen-bond donors (Lipinski definition) is 1. The Bertz CT molecular complexity index is 318. The van der Waals surface area contributed by atoms with Gasteiger partial charge in [-0.1, -0.05) is 19.4 Å². The van der Waals surface area contributed by atoms with E-state index in [4.69, 9.17) is 9.47 Å². The minimum Gasteiger partial charge on any atom is -0.463 e.